The van der Waals surface area contributed by atoms with Crippen LogP contribution >= 0.6 is 12.4 Å². The normalized spacial score (nSPS) is 15.7. The van der Waals surface area contributed by atoms with E-state index in [9.17, 15) is 0 Å². The number of benzene rings is 2. The molecule has 0 amide bonds. The minimum Gasteiger partial charge on any atom is -0.342 e. The molecule has 130 valence electrons. The van der Waals surface area contributed by atoms with Crippen LogP contribution in [0.3, 0.4) is 0 Å². The van der Waals surface area contributed by atoms with Gasteiger partial charge >= 0.3 is 0 Å². The summed E-state index contributed by atoms with van der Waals surface area (Å²) in [5, 5.41) is 0. The third-order valence-electron chi connectivity index (χ3n) is 4.35. The van der Waals surface area contributed by atoms with Crippen LogP contribution in [0.5, 0.6) is 0 Å². The first kappa shape index (κ1) is 17.7. The zero-order valence-corrected chi connectivity index (χ0v) is 14.7. The predicted molar refractivity (Wildman–Crippen MR) is 98.7 cm³/mol. The molecule has 0 radical (unpaired) electrons. The van der Waals surface area contributed by atoms with Crippen LogP contribution in [0.2, 0.25) is 0 Å². The van der Waals surface area contributed by atoms with Crippen LogP contribution in [-0.2, 0) is 28.2 Å². The summed E-state index contributed by atoms with van der Waals surface area (Å²) < 4.78 is 14.0. The third-order valence-corrected chi connectivity index (χ3v) is 4.35. The van der Waals surface area contributed by atoms with Gasteiger partial charge in [-0.15, -0.1) is 12.4 Å². The molecule has 1 fully saturated rings. The number of halogens is 1. The van der Waals surface area contributed by atoms with E-state index in [2.05, 4.69) is 53.5 Å². The second-order valence-corrected chi connectivity index (χ2v) is 6.04. The molecule has 1 aliphatic heterocycles. The van der Waals surface area contributed by atoms with E-state index in [0.29, 0.717) is 19.8 Å². The van der Waals surface area contributed by atoms with E-state index < -0.39 is 5.79 Å². The molecular formula is C20H21ClN2O2. The Kier molecular flexibility index (Phi) is 5.53. The largest absolute Gasteiger partial charge is 0.342 e. The van der Waals surface area contributed by atoms with E-state index in [1.54, 1.807) is 12.5 Å². The van der Waals surface area contributed by atoms with Gasteiger partial charge in [-0.1, -0.05) is 54.6 Å². The minimum atomic E-state index is -0.716. The lowest BCUT2D eigenvalue weighted by molar-refractivity contribution is -0.176. The Morgan fingerprint density at radius 1 is 0.920 bits per heavy atom. The van der Waals surface area contributed by atoms with Gasteiger partial charge in [0.25, 0.3) is 0 Å². The maximum atomic E-state index is 5.99. The standard InChI is InChI=1S/C20H20N2O2.ClH/c1-2-4-17(5-3-1)14-18-6-8-19(9-7-18)20(23-12-13-24-20)15-22-11-10-21-16-22;/h1-11,16H,12-15H2;1H. The van der Waals surface area contributed by atoms with Crippen molar-refractivity contribution in [1.82, 2.24) is 9.55 Å². The van der Waals surface area contributed by atoms with Gasteiger partial charge in [-0.05, 0) is 17.5 Å². The molecule has 2 aromatic carbocycles. The van der Waals surface area contributed by atoms with Crippen LogP contribution in [-0.4, -0.2) is 22.8 Å². The maximum absolute atomic E-state index is 5.99. The molecule has 0 saturated carbocycles. The SMILES string of the molecule is Cl.c1ccc(Cc2ccc(C3(Cn4ccnc4)OCCO3)cc2)cc1. The van der Waals surface area contributed by atoms with Crippen molar-refractivity contribution in [2.24, 2.45) is 0 Å². The monoisotopic (exact) mass is 356 g/mol. The average molecular weight is 357 g/mol. The van der Waals surface area contributed by atoms with Crippen molar-refractivity contribution in [2.45, 2.75) is 18.8 Å². The molecule has 0 N–H and O–H groups in total. The highest BCUT2D eigenvalue weighted by molar-refractivity contribution is 5.85. The van der Waals surface area contributed by atoms with E-state index in [4.69, 9.17) is 9.47 Å². The molecule has 4 rings (SSSR count). The zero-order chi connectivity index (χ0) is 16.2. The lowest BCUT2D eigenvalue weighted by Gasteiger charge is -2.28. The van der Waals surface area contributed by atoms with Crippen molar-refractivity contribution in [1.29, 1.82) is 0 Å². The highest BCUT2D eigenvalue weighted by Crippen LogP contribution is 2.33. The summed E-state index contributed by atoms with van der Waals surface area (Å²) in [5.41, 5.74) is 3.64. The summed E-state index contributed by atoms with van der Waals surface area (Å²) in [4.78, 5) is 4.10. The second-order valence-electron chi connectivity index (χ2n) is 6.04. The van der Waals surface area contributed by atoms with Crippen molar-refractivity contribution >= 4 is 12.4 Å². The number of imidazole rings is 1. The fourth-order valence-corrected chi connectivity index (χ4v) is 3.13. The summed E-state index contributed by atoms with van der Waals surface area (Å²) >= 11 is 0. The van der Waals surface area contributed by atoms with Crippen molar-refractivity contribution < 1.29 is 9.47 Å². The highest BCUT2D eigenvalue weighted by Gasteiger charge is 2.39. The maximum Gasteiger partial charge on any atom is 0.213 e. The second kappa shape index (κ2) is 7.83. The van der Waals surface area contributed by atoms with Crippen molar-refractivity contribution in [3.63, 3.8) is 0 Å². The molecule has 0 unspecified atom stereocenters. The first-order chi connectivity index (χ1) is 11.8. The van der Waals surface area contributed by atoms with Crippen molar-refractivity contribution in [3.05, 3.63) is 90.0 Å². The van der Waals surface area contributed by atoms with Crippen LogP contribution in [0.25, 0.3) is 0 Å². The smallest absolute Gasteiger partial charge is 0.213 e. The molecule has 1 aliphatic rings. The number of nitrogens with zero attached hydrogens (tertiary/aromatic N) is 2. The third kappa shape index (κ3) is 3.93. The Labute approximate surface area is 153 Å². The topological polar surface area (TPSA) is 36.3 Å². The van der Waals surface area contributed by atoms with Gasteiger partial charge in [0.2, 0.25) is 5.79 Å². The lowest BCUT2D eigenvalue weighted by atomic mass is 10.00. The lowest BCUT2D eigenvalue weighted by Crippen LogP contribution is -2.32. The minimum absolute atomic E-state index is 0. The number of aromatic nitrogens is 2. The fraction of sp³-hybridized carbons (Fsp3) is 0.250. The van der Waals surface area contributed by atoms with E-state index in [1.165, 1.54) is 11.1 Å². The fourth-order valence-electron chi connectivity index (χ4n) is 3.13. The Morgan fingerprint density at radius 2 is 1.60 bits per heavy atom. The van der Waals surface area contributed by atoms with Gasteiger partial charge in [-0.3, -0.25) is 0 Å². The number of rotatable bonds is 5. The van der Waals surface area contributed by atoms with Gasteiger partial charge in [0, 0.05) is 18.0 Å². The first-order valence-corrected chi connectivity index (χ1v) is 8.21. The Bertz CT molecular complexity index is 767. The average Bonchev–Trinajstić information content (AvgIpc) is 3.30. The Hall–Kier alpha value is -2.14. The zero-order valence-electron chi connectivity index (χ0n) is 13.9. The Balaban J connectivity index is 0.00000182. The van der Waals surface area contributed by atoms with E-state index >= 15 is 0 Å². The van der Waals surface area contributed by atoms with E-state index in [-0.39, 0.29) is 12.4 Å². The quantitative estimate of drug-likeness (QED) is 0.697. The summed E-state index contributed by atoms with van der Waals surface area (Å²) in [6.07, 6.45) is 6.41. The van der Waals surface area contributed by atoms with Crippen LogP contribution in [0.15, 0.2) is 73.3 Å². The van der Waals surface area contributed by atoms with Gasteiger partial charge in [-0.2, -0.15) is 0 Å². The Morgan fingerprint density at radius 3 is 2.24 bits per heavy atom. The van der Waals surface area contributed by atoms with Gasteiger partial charge in [0.15, 0.2) is 0 Å². The summed E-state index contributed by atoms with van der Waals surface area (Å²) in [5.74, 6) is -0.716. The van der Waals surface area contributed by atoms with E-state index in [1.807, 2.05) is 16.8 Å². The number of hydrogen-bond acceptors (Lipinski definition) is 3. The van der Waals surface area contributed by atoms with Crippen molar-refractivity contribution in [2.75, 3.05) is 13.2 Å². The molecule has 0 spiro atoms. The molecular weight excluding hydrogens is 336 g/mol. The van der Waals surface area contributed by atoms with Gasteiger partial charge < -0.3 is 14.0 Å². The van der Waals surface area contributed by atoms with Crippen molar-refractivity contribution in [3.8, 4) is 0 Å². The first-order valence-electron chi connectivity index (χ1n) is 8.21. The van der Waals surface area contributed by atoms with Crippen LogP contribution < -0.4 is 0 Å². The van der Waals surface area contributed by atoms with Crippen LogP contribution in [0.1, 0.15) is 16.7 Å². The molecule has 1 aromatic heterocycles. The predicted octanol–water partition coefficient (Wildman–Crippen LogP) is 3.80. The van der Waals surface area contributed by atoms with Gasteiger partial charge in [0.05, 0.1) is 26.1 Å². The number of hydrogen-bond donors (Lipinski definition) is 0. The van der Waals surface area contributed by atoms with Crippen LogP contribution in [0.4, 0.5) is 0 Å². The number of ether oxygens (including phenoxy) is 2. The molecule has 2 heterocycles. The molecule has 0 bridgehead atoms. The van der Waals surface area contributed by atoms with Gasteiger partial charge in [0.1, 0.15) is 0 Å². The molecule has 5 heteroatoms. The van der Waals surface area contributed by atoms with E-state index in [0.717, 1.165) is 12.0 Å². The summed E-state index contributed by atoms with van der Waals surface area (Å²) in [7, 11) is 0. The summed E-state index contributed by atoms with van der Waals surface area (Å²) in [6, 6.07) is 19.0. The van der Waals surface area contributed by atoms with Crippen LogP contribution in [0, 0.1) is 0 Å². The molecule has 4 nitrogen and oxygen atoms in total. The molecule has 0 atom stereocenters. The molecule has 0 aliphatic carbocycles. The highest BCUT2D eigenvalue weighted by atomic mass is 35.5. The molecule has 3 aromatic rings. The molecule has 1 saturated heterocycles. The molecule has 25 heavy (non-hydrogen) atoms. The summed E-state index contributed by atoms with van der Waals surface area (Å²) in [6.45, 7) is 1.83. The van der Waals surface area contributed by atoms with Gasteiger partial charge in [-0.25, -0.2) is 4.98 Å².